The van der Waals surface area contributed by atoms with Crippen LogP contribution in [0, 0.1) is 10.1 Å². The summed E-state index contributed by atoms with van der Waals surface area (Å²) in [4.78, 5) is 10.6. The van der Waals surface area contributed by atoms with Gasteiger partial charge in [-0.1, -0.05) is 17.8 Å². The van der Waals surface area contributed by atoms with Crippen molar-refractivity contribution in [1.29, 1.82) is 0 Å². The van der Waals surface area contributed by atoms with Crippen LogP contribution in [0.15, 0.2) is 49.7 Å². The van der Waals surface area contributed by atoms with Crippen LogP contribution in [-0.4, -0.2) is 19.6 Å². The van der Waals surface area contributed by atoms with Crippen molar-refractivity contribution in [1.82, 2.24) is 0 Å². The number of nitrogens with zero attached hydrogens (tertiary/aromatic N) is 1. The van der Waals surface area contributed by atoms with E-state index in [-0.39, 0.29) is 10.6 Å². The average Bonchev–Trinajstić information content (AvgIpc) is 2.80. The summed E-state index contributed by atoms with van der Waals surface area (Å²) >= 11 is 2.77. The Hall–Kier alpha value is -1.38. The van der Waals surface area contributed by atoms with Crippen molar-refractivity contribution in [2.45, 2.75) is 14.0 Å². The third-order valence-corrected chi connectivity index (χ3v) is 5.62. The number of rotatable bonds is 4. The van der Waals surface area contributed by atoms with Crippen LogP contribution in [0.5, 0.6) is 0 Å². The molecule has 100 valence electrons. The van der Waals surface area contributed by atoms with Crippen LogP contribution in [0.25, 0.3) is 0 Å². The minimum absolute atomic E-state index is 0.0138. The van der Waals surface area contributed by atoms with E-state index in [1.54, 1.807) is 0 Å². The minimum Gasteiger partial charge on any atom is -0.258 e. The van der Waals surface area contributed by atoms with Crippen molar-refractivity contribution >= 4 is 38.6 Å². The Morgan fingerprint density at radius 3 is 2.58 bits per heavy atom. The van der Waals surface area contributed by atoms with Crippen molar-refractivity contribution in [2.24, 2.45) is 0 Å². The fourth-order valence-corrected chi connectivity index (χ4v) is 4.50. The number of benzene rings is 1. The Labute approximate surface area is 118 Å². The van der Waals surface area contributed by atoms with Crippen LogP contribution in [0.1, 0.15) is 0 Å². The fourth-order valence-electron chi connectivity index (χ4n) is 1.41. The van der Waals surface area contributed by atoms with Gasteiger partial charge in [0.15, 0.2) is 9.84 Å². The van der Waals surface area contributed by atoms with Gasteiger partial charge in [-0.05, 0) is 17.5 Å². The van der Waals surface area contributed by atoms with Crippen LogP contribution >= 0.6 is 23.1 Å². The third kappa shape index (κ3) is 3.34. The first-order chi connectivity index (χ1) is 8.88. The zero-order valence-electron chi connectivity index (χ0n) is 9.77. The van der Waals surface area contributed by atoms with Crippen molar-refractivity contribution in [3.05, 3.63) is 45.8 Å². The molecule has 0 spiro atoms. The smallest absolute Gasteiger partial charge is 0.258 e. The molecule has 0 aliphatic heterocycles. The molecule has 2 rings (SSSR count). The van der Waals surface area contributed by atoms with E-state index in [1.165, 1.54) is 35.2 Å². The van der Waals surface area contributed by atoms with Gasteiger partial charge in [0.2, 0.25) is 0 Å². The standard InChI is InChI=1S/C11H9NO4S3/c1-19(15,16)10-7-8(12(13)14)4-5-9(10)18-11-3-2-6-17-11/h2-7H,1H3. The summed E-state index contributed by atoms with van der Waals surface area (Å²) in [6.45, 7) is 0. The maximum absolute atomic E-state index is 11.7. The molecule has 8 heteroatoms. The van der Waals surface area contributed by atoms with E-state index in [9.17, 15) is 18.5 Å². The lowest BCUT2D eigenvalue weighted by molar-refractivity contribution is -0.385. The molecule has 1 aromatic carbocycles. The highest BCUT2D eigenvalue weighted by molar-refractivity contribution is 8.01. The topological polar surface area (TPSA) is 77.3 Å². The van der Waals surface area contributed by atoms with Crippen LogP contribution in [0.2, 0.25) is 0 Å². The van der Waals surface area contributed by atoms with Gasteiger partial charge in [0.1, 0.15) is 0 Å². The van der Waals surface area contributed by atoms with E-state index >= 15 is 0 Å². The van der Waals surface area contributed by atoms with E-state index in [0.717, 1.165) is 16.5 Å². The summed E-state index contributed by atoms with van der Waals surface area (Å²) in [6.07, 6.45) is 1.05. The van der Waals surface area contributed by atoms with E-state index < -0.39 is 14.8 Å². The number of hydrogen-bond acceptors (Lipinski definition) is 6. The largest absolute Gasteiger partial charge is 0.270 e. The summed E-state index contributed by atoms with van der Waals surface area (Å²) in [5.41, 5.74) is -0.226. The molecule has 1 aromatic heterocycles. The number of hydrogen-bond donors (Lipinski definition) is 0. The summed E-state index contributed by atoms with van der Waals surface area (Å²) in [7, 11) is -3.51. The van der Waals surface area contributed by atoms with Gasteiger partial charge in [0.05, 0.1) is 14.0 Å². The normalized spacial score (nSPS) is 11.4. The summed E-state index contributed by atoms with van der Waals surface area (Å²) in [5, 5.41) is 12.6. The van der Waals surface area contributed by atoms with E-state index in [1.807, 2.05) is 17.5 Å². The second kappa shape index (κ2) is 5.32. The first kappa shape index (κ1) is 14.0. The predicted molar refractivity (Wildman–Crippen MR) is 74.6 cm³/mol. The monoisotopic (exact) mass is 315 g/mol. The molecular weight excluding hydrogens is 306 g/mol. The predicted octanol–water partition coefficient (Wildman–Crippen LogP) is 3.21. The Bertz CT molecular complexity index is 708. The molecule has 0 radical (unpaired) electrons. The molecule has 0 N–H and O–H groups in total. The van der Waals surface area contributed by atoms with E-state index in [0.29, 0.717) is 4.90 Å². The Morgan fingerprint density at radius 1 is 1.32 bits per heavy atom. The highest BCUT2D eigenvalue weighted by atomic mass is 32.2. The molecule has 0 aliphatic rings. The van der Waals surface area contributed by atoms with Gasteiger partial charge < -0.3 is 0 Å². The van der Waals surface area contributed by atoms with Gasteiger partial charge in [-0.15, -0.1) is 11.3 Å². The molecule has 0 fully saturated rings. The second-order valence-corrected chi connectivity index (χ2v) is 7.97. The average molecular weight is 315 g/mol. The number of non-ortho nitro benzene ring substituents is 1. The third-order valence-electron chi connectivity index (χ3n) is 2.24. The fraction of sp³-hybridized carbons (Fsp3) is 0.0909. The van der Waals surface area contributed by atoms with Gasteiger partial charge in [-0.25, -0.2) is 8.42 Å². The highest BCUT2D eigenvalue weighted by Gasteiger charge is 2.19. The first-order valence-corrected chi connectivity index (χ1v) is 8.66. The lowest BCUT2D eigenvalue weighted by Gasteiger charge is -2.06. The molecule has 0 bridgehead atoms. The van der Waals surface area contributed by atoms with Crippen molar-refractivity contribution in [3.63, 3.8) is 0 Å². The lowest BCUT2D eigenvalue weighted by Crippen LogP contribution is -2.00. The molecule has 0 unspecified atom stereocenters. The zero-order valence-corrected chi connectivity index (χ0v) is 12.2. The zero-order chi connectivity index (χ0) is 14.0. The Morgan fingerprint density at radius 2 is 2.05 bits per heavy atom. The maximum Gasteiger partial charge on any atom is 0.270 e. The molecule has 1 heterocycles. The number of sulfone groups is 1. The maximum atomic E-state index is 11.7. The van der Waals surface area contributed by atoms with Gasteiger partial charge in [0.25, 0.3) is 5.69 Å². The second-order valence-electron chi connectivity index (χ2n) is 3.69. The van der Waals surface area contributed by atoms with Crippen LogP contribution in [-0.2, 0) is 9.84 Å². The molecular formula is C11H9NO4S3. The summed E-state index contributed by atoms with van der Waals surface area (Å²) in [5.74, 6) is 0. The SMILES string of the molecule is CS(=O)(=O)c1cc([N+](=O)[O-])ccc1Sc1cccs1. The number of nitro groups is 1. The van der Waals surface area contributed by atoms with Gasteiger partial charge >= 0.3 is 0 Å². The lowest BCUT2D eigenvalue weighted by atomic mass is 10.3. The molecule has 5 nitrogen and oxygen atoms in total. The van der Waals surface area contributed by atoms with E-state index in [2.05, 4.69) is 0 Å². The molecule has 0 amide bonds. The molecule has 0 aliphatic carbocycles. The van der Waals surface area contributed by atoms with Crippen molar-refractivity contribution in [2.75, 3.05) is 6.26 Å². The first-order valence-electron chi connectivity index (χ1n) is 5.08. The molecule has 0 saturated heterocycles. The quantitative estimate of drug-likeness (QED) is 0.639. The molecule has 19 heavy (non-hydrogen) atoms. The summed E-state index contributed by atoms with van der Waals surface area (Å²) < 4.78 is 24.4. The highest BCUT2D eigenvalue weighted by Crippen LogP contribution is 2.36. The molecule has 0 saturated carbocycles. The Kier molecular flexibility index (Phi) is 3.93. The molecule has 0 atom stereocenters. The van der Waals surface area contributed by atoms with Crippen molar-refractivity contribution < 1.29 is 13.3 Å². The Balaban J connectivity index is 2.51. The van der Waals surface area contributed by atoms with Crippen LogP contribution < -0.4 is 0 Å². The number of nitro benzene ring substituents is 1. The number of thiophene rings is 1. The van der Waals surface area contributed by atoms with Crippen LogP contribution in [0.4, 0.5) is 5.69 Å². The van der Waals surface area contributed by atoms with Gasteiger partial charge in [0, 0.05) is 23.3 Å². The van der Waals surface area contributed by atoms with Gasteiger partial charge in [-0.2, -0.15) is 0 Å². The van der Waals surface area contributed by atoms with Crippen LogP contribution in [0.3, 0.4) is 0 Å². The van der Waals surface area contributed by atoms with E-state index in [4.69, 9.17) is 0 Å². The minimum atomic E-state index is -3.51. The van der Waals surface area contributed by atoms with Crippen molar-refractivity contribution in [3.8, 4) is 0 Å². The summed E-state index contributed by atoms with van der Waals surface area (Å²) in [6, 6.07) is 7.61. The van der Waals surface area contributed by atoms with Gasteiger partial charge in [-0.3, -0.25) is 10.1 Å². The molecule has 2 aromatic rings.